The monoisotopic (exact) mass is 226 g/mol. The molecular weight excluding hydrogens is 204 g/mol. The lowest BCUT2D eigenvalue weighted by atomic mass is 9.89. The van der Waals surface area contributed by atoms with Crippen LogP contribution in [0.25, 0.3) is 0 Å². The molecule has 2 saturated heterocycles. The van der Waals surface area contributed by atoms with Crippen molar-refractivity contribution in [1.29, 1.82) is 0 Å². The smallest absolute Gasteiger partial charge is 0.225 e. The van der Waals surface area contributed by atoms with Gasteiger partial charge in [-0.3, -0.25) is 4.79 Å². The fourth-order valence-corrected chi connectivity index (χ4v) is 2.56. The van der Waals surface area contributed by atoms with Gasteiger partial charge in [-0.05, 0) is 39.7 Å². The largest absolute Gasteiger partial charge is 0.379 e. The van der Waals surface area contributed by atoms with Gasteiger partial charge in [-0.2, -0.15) is 0 Å². The molecule has 0 aliphatic carbocycles. The van der Waals surface area contributed by atoms with Crippen LogP contribution in [0.15, 0.2) is 0 Å². The van der Waals surface area contributed by atoms with Crippen LogP contribution in [0.1, 0.15) is 33.1 Å². The van der Waals surface area contributed by atoms with Gasteiger partial charge in [-0.25, -0.2) is 0 Å². The summed E-state index contributed by atoms with van der Waals surface area (Å²) >= 11 is 0. The fourth-order valence-electron chi connectivity index (χ4n) is 2.56. The molecule has 92 valence electrons. The lowest BCUT2D eigenvalue weighted by Crippen LogP contribution is -2.53. The Morgan fingerprint density at radius 2 is 2.38 bits per heavy atom. The van der Waals surface area contributed by atoms with Crippen LogP contribution in [0.2, 0.25) is 0 Å². The minimum absolute atomic E-state index is 0.117. The molecule has 0 aromatic heterocycles. The first-order chi connectivity index (χ1) is 7.61. The maximum Gasteiger partial charge on any atom is 0.225 e. The SMILES string of the molecule is CC1NCCCC1C(=O)NC1(C)CCOC1. The molecule has 2 aliphatic rings. The van der Waals surface area contributed by atoms with Gasteiger partial charge in [0.15, 0.2) is 0 Å². The van der Waals surface area contributed by atoms with Crippen molar-refractivity contribution in [1.82, 2.24) is 10.6 Å². The third-order valence-corrected chi connectivity index (χ3v) is 3.74. The van der Waals surface area contributed by atoms with Crippen LogP contribution in [0.4, 0.5) is 0 Å². The Balaban J connectivity index is 1.91. The quantitative estimate of drug-likeness (QED) is 0.727. The summed E-state index contributed by atoms with van der Waals surface area (Å²) < 4.78 is 5.34. The van der Waals surface area contributed by atoms with Crippen LogP contribution >= 0.6 is 0 Å². The summed E-state index contributed by atoms with van der Waals surface area (Å²) in [6.45, 7) is 6.60. The van der Waals surface area contributed by atoms with E-state index < -0.39 is 0 Å². The van der Waals surface area contributed by atoms with Crippen LogP contribution in [-0.4, -0.2) is 37.2 Å². The van der Waals surface area contributed by atoms with E-state index in [1.54, 1.807) is 0 Å². The van der Waals surface area contributed by atoms with E-state index in [2.05, 4.69) is 24.5 Å². The topological polar surface area (TPSA) is 50.4 Å². The second kappa shape index (κ2) is 4.72. The van der Waals surface area contributed by atoms with Gasteiger partial charge in [0, 0.05) is 12.6 Å². The molecule has 16 heavy (non-hydrogen) atoms. The van der Waals surface area contributed by atoms with E-state index in [4.69, 9.17) is 4.74 Å². The molecule has 2 N–H and O–H groups in total. The molecule has 4 nitrogen and oxygen atoms in total. The predicted octanol–water partition coefficient (Wildman–Crippen LogP) is 0.670. The van der Waals surface area contributed by atoms with E-state index in [1.807, 2.05) is 0 Å². The lowest BCUT2D eigenvalue weighted by molar-refractivity contribution is -0.128. The van der Waals surface area contributed by atoms with Gasteiger partial charge in [0.1, 0.15) is 0 Å². The van der Waals surface area contributed by atoms with Crippen molar-refractivity contribution in [3.8, 4) is 0 Å². The maximum atomic E-state index is 12.2. The molecule has 0 radical (unpaired) electrons. The van der Waals surface area contributed by atoms with Gasteiger partial charge >= 0.3 is 0 Å². The van der Waals surface area contributed by atoms with Crippen LogP contribution in [0.3, 0.4) is 0 Å². The average molecular weight is 226 g/mol. The molecule has 0 saturated carbocycles. The molecular formula is C12H22N2O2. The highest BCUT2D eigenvalue weighted by atomic mass is 16.5. The Morgan fingerprint density at radius 1 is 1.56 bits per heavy atom. The minimum atomic E-state index is -0.145. The number of nitrogens with one attached hydrogen (secondary N) is 2. The molecule has 4 heteroatoms. The molecule has 0 aromatic rings. The van der Waals surface area contributed by atoms with E-state index in [0.29, 0.717) is 12.6 Å². The van der Waals surface area contributed by atoms with Crippen molar-refractivity contribution in [3.05, 3.63) is 0 Å². The van der Waals surface area contributed by atoms with Gasteiger partial charge in [0.25, 0.3) is 0 Å². The summed E-state index contributed by atoms with van der Waals surface area (Å²) in [6, 6.07) is 0.291. The number of carbonyl (C=O) groups is 1. The molecule has 0 bridgehead atoms. The minimum Gasteiger partial charge on any atom is -0.379 e. The van der Waals surface area contributed by atoms with E-state index >= 15 is 0 Å². The van der Waals surface area contributed by atoms with Crippen LogP contribution in [-0.2, 0) is 9.53 Å². The highest BCUT2D eigenvalue weighted by Crippen LogP contribution is 2.21. The molecule has 0 aromatic carbocycles. The van der Waals surface area contributed by atoms with E-state index in [1.165, 1.54) is 0 Å². The zero-order chi connectivity index (χ0) is 11.6. The average Bonchev–Trinajstić information content (AvgIpc) is 2.65. The van der Waals surface area contributed by atoms with Crippen LogP contribution in [0.5, 0.6) is 0 Å². The van der Waals surface area contributed by atoms with Crippen LogP contribution in [0, 0.1) is 5.92 Å². The Hall–Kier alpha value is -0.610. The number of ether oxygens (including phenoxy) is 1. The number of rotatable bonds is 2. The van der Waals surface area contributed by atoms with Crippen molar-refractivity contribution in [2.75, 3.05) is 19.8 Å². The lowest BCUT2D eigenvalue weighted by Gasteiger charge is -2.32. The van der Waals surface area contributed by atoms with Gasteiger partial charge in [-0.1, -0.05) is 0 Å². The second-order valence-electron chi connectivity index (χ2n) is 5.34. The summed E-state index contributed by atoms with van der Waals surface area (Å²) in [7, 11) is 0. The van der Waals surface area contributed by atoms with Crippen molar-refractivity contribution < 1.29 is 9.53 Å². The molecule has 2 aliphatic heterocycles. The first-order valence-corrected chi connectivity index (χ1v) is 6.24. The molecule has 1 amide bonds. The molecule has 0 spiro atoms. The normalized spacial score (nSPS) is 39.6. The zero-order valence-corrected chi connectivity index (χ0v) is 10.2. The standard InChI is InChI=1S/C12H22N2O2/c1-9-10(4-3-6-13-9)11(15)14-12(2)5-7-16-8-12/h9-10,13H,3-8H2,1-2H3,(H,14,15). The molecule has 2 rings (SSSR count). The third kappa shape index (κ3) is 2.55. The van der Waals surface area contributed by atoms with Crippen molar-refractivity contribution in [3.63, 3.8) is 0 Å². The Kier molecular flexibility index (Phi) is 3.50. The van der Waals surface area contributed by atoms with Crippen LogP contribution < -0.4 is 10.6 Å². The first kappa shape index (κ1) is 11.9. The first-order valence-electron chi connectivity index (χ1n) is 6.24. The van der Waals surface area contributed by atoms with E-state index in [-0.39, 0.29) is 17.4 Å². The molecule has 3 atom stereocenters. The Labute approximate surface area is 97.1 Å². The Morgan fingerprint density at radius 3 is 3.00 bits per heavy atom. The van der Waals surface area contributed by atoms with Crippen molar-refractivity contribution in [2.24, 2.45) is 5.92 Å². The maximum absolute atomic E-state index is 12.2. The summed E-state index contributed by atoms with van der Waals surface area (Å²) in [5.41, 5.74) is -0.145. The van der Waals surface area contributed by atoms with E-state index in [0.717, 1.165) is 32.4 Å². The highest BCUT2D eigenvalue weighted by Gasteiger charge is 2.35. The van der Waals surface area contributed by atoms with E-state index in [9.17, 15) is 4.79 Å². The molecule has 3 unspecified atom stereocenters. The number of piperidine rings is 1. The van der Waals surface area contributed by atoms with Gasteiger partial charge in [0.2, 0.25) is 5.91 Å². The fraction of sp³-hybridized carbons (Fsp3) is 0.917. The van der Waals surface area contributed by atoms with Crippen molar-refractivity contribution >= 4 is 5.91 Å². The van der Waals surface area contributed by atoms with Crippen molar-refractivity contribution in [2.45, 2.75) is 44.7 Å². The Bertz CT molecular complexity index is 262. The van der Waals surface area contributed by atoms with Gasteiger partial charge in [-0.15, -0.1) is 0 Å². The van der Waals surface area contributed by atoms with Gasteiger partial charge in [0.05, 0.1) is 18.1 Å². The number of hydrogen-bond acceptors (Lipinski definition) is 3. The second-order valence-corrected chi connectivity index (χ2v) is 5.34. The number of amides is 1. The summed E-state index contributed by atoms with van der Waals surface area (Å²) in [5, 5.41) is 6.51. The third-order valence-electron chi connectivity index (χ3n) is 3.74. The zero-order valence-electron chi connectivity index (χ0n) is 10.2. The molecule has 2 fully saturated rings. The molecule has 2 heterocycles. The summed E-state index contributed by atoms with van der Waals surface area (Å²) in [5.74, 6) is 0.305. The summed E-state index contributed by atoms with van der Waals surface area (Å²) in [6.07, 6.45) is 3.01. The summed E-state index contributed by atoms with van der Waals surface area (Å²) in [4.78, 5) is 12.2. The number of carbonyl (C=O) groups excluding carboxylic acids is 1. The predicted molar refractivity (Wildman–Crippen MR) is 62.2 cm³/mol. The highest BCUT2D eigenvalue weighted by molar-refractivity contribution is 5.80. The number of hydrogen-bond donors (Lipinski definition) is 2. The van der Waals surface area contributed by atoms with Gasteiger partial charge < -0.3 is 15.4 Å².